The van der Waals surface area contributed by atoms with Gasteiger partial charge >= 0.3 is 0 Å². The molecule has 5 nitrogen and oxygen atoms in total. The maximum atomic E-state index is 13.3. The first-order chi connectivity index (χ1) is 13.6. The average Bonchev–Trinajstić information content (AvgIpc) is 3.06. The highest BCUT2D eigenvalue weighted by Gasteiger charge is 2.24. The minimum absolute atomic E-state index is 0.0417. The van der Waals surface area contributed by atoms with Gasteiger partial charge in [0.2, 0.25) is 0 Å². The Bertz CT molecular complexity index is 1220. The zero-order chi connectivity index (χ0) is 19.3. The molecule has 0 saturated heterocycles. The second-order valence-electron chi connectivity index (χ2n) is 7.98. The van der Waals surface area contributed by atoms with E-state index in [2.05, 4.69) is 24.0 Å². The molecule has 4 aromatic rings. The lowest BCUT2D eigenvalue weighted by Crippen LogP contribution is -2.30. The Morgan fingerprint density at radius 3 is 2.64 bits per heavy atom. The van der Waals surface area contributed by atoms with Crippen LogP contribution >= 0.6 is 0 Å². The molecule has 0 N–H and O–H groups in total. The molecule has 0 aliphatic heterocycles. The van der Waals surface area contributed by atoms with E-state index in [1.807, 2.05) is 46.5 Å². The summed E-state index contributed by atoms with van der Waals surface area (Å²) in [6.45, 7) is 4.25. The molecule has 0 spiro atoms. The smallest absolute Gasteiger partial charge is 0.261 e. The van der Waals surface area contributed by atoms with Crippen LogP contribution in [0.25, 0.3) is 27.7 Å². The lowest BCUT2D eigenvalue weighted by Gasteiger charge is -2.30. The molecule has 1 aliphatic carbocycles. The summed E-state index contributed by atoms with van der Waals surface area (Å²) in [7, 11) is 0. The molecule has 28 heavy (non-hydrogen) atoms. The molecule has 1 aromatic carbocycles. The normalized spacial score (nSPS) is 20.1. The van der Waals surface area contributed by atoms with Crippen LogP contribution in [0.3, 0.4) is 0 Å². The zero-order valence-corrected chi connectivity index (χ0v) is 16.3. The SMILES string of the molecule is Cc1nn2c(ncc3c(=O)n([C@@H]4CCCC[C@@H]4C)ccc32)c1-c1ccccc1. The van der Waals surface area contributed by atoms with Crippen molar-refractivity contribution in [3.8, 4) is 11.1 Å². The first-order valence-corrected chi connectivity index (χ1v) is 10.1. The molecular formula is C23H24N4O. The van der Waals surface area contributed by atoms with Crippen molar-refractivity contribution in [2.24, 2.45) is 5.92 Å². The van der Waals surface area contributed by atoms with Crippen LogP contribution in [0.2, 0.25) is 0 Å². The summed E-state index contributed by atoms with van der Waals surface area (Å²) in [5.74, 6) is 0.525. The monoisotopic (exact) mass is 372 g/mol. The standard InChI is InChI=1S/C23H24N4O/c1-15-8-6-7-11-19(15)26-13-12-20-18(23(26)28)14-24-22-21(16(2)25-27(20)22)17-9-4-3-5-10-17/h3-5,9-10,12-15,19H,6-8,11H2,1-2H3/t15-,19+/m0/s1. The average molecular weight is 372 g/mol. The molecule has 0 unspecified atom stereocenters. The third kappa shape index (κ3) is 2.57. The van der Waals surface area contributed by atoms with Crippen molar-refractivity contribution in [2.75, 3.05) is 0 Å². The fraction of sp³-hybridized carbons (Fsp3) is 0.348. The number of aromatic nitrogens is 4. The van der Waals surface area contributed by atoms with E-state index in [1.54, 1.807) is 6.20 Å². The Morgan fingerprint density at radius 1 is 1.07 bits per heavy atom. The number of rotatable bonds is 2. The van der Waals surface area contributed by atoms with Crippen molar-refractivity contribution in [3.05, 3.63) is 64.8 Å². The van der Waals surface area contributed by atoms with E-state index >= 15 is 0 Å². The summed E-state index contributed by atoms with van der Waals surface area (Å²) in [5.41, 5.74) is 4.68. The van der Waals surface area contributed by atoms with Gasteiger partial charge in [-0.3, -0.25) is 4.79 Å². The number of pyridine rings is 1. The third-order valence-electron chi connectivity index (χ3n) is 6.20. The Morgan fingerprint density at radius 2 is 1.86 bits per heavy atom. The highest BCUT2D eigenvalue weighted by Crippen LogP contribution is 2.33. The van der Waals surface area contributed by atoms with Crippen molar-refractivity contribution < 1.29 is 0 Å². The Balaban J connectivity index is 1.72. The van der Waals surface area contributed by atoms with Crippen molar-refractivity contribution in [1.29, 1.82) is 0 Å². The van der Waals surface area contributed by atoms with Crippen LogP contribution in [0.4, 0.5) is 0 Å². The van der Waals surface area contributed by atoms with Gasteiger partial charge in [-0.1, -0.05) is 50.1 Å². The number of nitrogens with zero attached hydrogens (tertiary/aromatic N) is 4. The van der Waals surface area contributed by atoms with Crippen molar-refractivity contribution in [2.45, 2.75) is 45.6 Å². The minimum atomic E-state index is 0.0417. The van der Waals surface area contributed by atoms with E-state index in [4.69, 9.17) is 5.10 Å². The van der Waals surface area contributed by atoms with Crippen molar-refractivity contribution in [3.63, 3.8) is 0 Å². The molecule has 142 valence electrons. The molecule has 0 amide bonds. The van der Waals surface area contributed by atoms with Gasteiger partial charge in [-0.05, 0) is 37.3 Å². The Hall–Kier alpha value is -2.95. The van der Waals surface area contributed by atoms with Gasteiger partial charge in [-0.25, -0.2) is 9.50 Å². The van der Waals surface area contributed by atoms with Gasteiger partial charge in [0.05, 0.1) is 16.6 Å². The summed E-state index contributed by atoms with van der Waals surface area (Å²) >= 11 is 0. The molecule has 5 rings (SSSR count). The predicted octanol–water partition coefficient (Wildman–Crippen LogP) is 4.77. The zero-order valence-electron chi connectivity index (χ0n) is 16.3. The Kier molecular flexibility index (Phi) is 4.04. The molecule has 3 heterocycles. The van der Waals surface area contributed by atoms with Crippen molar-refractivity contribution in [1.82, 2.24) is 19.2 Å². The number of hydrogen-bond acceptors (Lipinski definition) is 3. The molecule has 1 aliphatic rings. The molecule has 1 saturated carbocycles. The van der Waals surface area contributed by atoms with Gasteiger partial charge in [0.15, 0.2) is 5.65 Å². The van der Waals surface area contributed by atoms with Crippen LogP contribution < -0.4 is 5.56 Å². The maximum Gasteiger partial charge on any atom is 0.261 e. The Labute approximate surface area is 163 Å². The first-order valence-electron chi connectivity index (χ1n) is 10.1. The second-order valence-corrected chi connectivity index (χ2v) is 7.98. The topological polar surface area (TPSA) is 52.2 Å². The third-order valence-corrected chi connectivity index (χ3v) is 6.20. The molecule has 5 heteroatoms. The first kappa shape index (κ1) is 17.2. The number of hydrogen-bond donors (Lipinski definition) is 0. The van der Waals surface area contributed by atoms with Crippen LogP contribution in [-0.4, -0.2) is 19.2 Å². The van der Waals surface area contributed by atoms with Gasteiger partial charge in [0.25, 0.3) is 5.56 Å². The maximum absolute atomic E-state index is 13.3. The quantitative estimate of drug-likeness (QED) is 0.509. The fourth-order valence-electron chi connectivity index (χ4n) is 4.70. The van der Waals surface area contributed by atoms with Crippen LogP contribution in [0.1, 0.15) is 44.3 Å². The van der Waals surface area contributed by atoms with E-state index in [1.165, 1.54) is 19.3 Å². The highest BCUT2D eigenvalue weighted by atomic mass is 16.1. The van der Waals surface area contributed by atoms with Gasteiger partial charge in [0, 0.05) is 24.0 Å². The molecular weight excluding hydrogens is 348 g/mol. The van der Waals surface area contributed by atoms with E-state index < -0.39 is 0 Å². The second kappa shape index (κ2) is 6.59. The van der Waals surface area contributed by atoms with Gasteiger partial charge in [-0.2, -0.15) is 5.10 Å². The van der Waals surface area contributed by atoms with Crippen LogP contribution in [0, 0.1) is 12.8 Å². The fourth-order valence-corrected chi connectivity index (χ4v) is 4.70. The number of benzene rings is 1. The van der Waals surface area contributed by atoms with Crippen LogP contribution in [0.15, 0.2) is 53.6 Å². The highest BCUT2D eigenvalue weighted by molar-refractivity contribution is 5.86. The molecule has 2 atom stereocenters. The van der Waals surface area contributed by atoms with Gasteiger partial charge in [0.1, 0.15) is 0 Å². The van der Waals surface area contributed by atoms with E-state index in [9.17, 15) is 4.79 Å². The molecule has 1 fully saturated rings. The van der Waals surface area contributed by atoms with Crippen LogP contribution in [0.5, 0.6) is 0 Å². The lowest BCUT2D eigenvalue weighted by molar-refractivity contribution is 0.253. The number of fused-ring (bicyclic) bond motifs is 3. The van der Waals surface area contributed by atoms with Crippen molar-refractivity contribution >= 4 is 16.6 Å². The largest absolute Gasteiger partial charge is 0.312 e. The molecule has 0 radical (unpaired) electrons. The van der Waals surface area contributed by atoms with E-state index in [-0.39, 0.29) is 11.6 Å². The van der Waals surface area contributed by atoms with Gasteiger partial charge < -0.3 is 4.57 Å². The summed E-state index contributed by atoms with van der Waals surface area (Å²) < 4.78 is 3.75. The summed E-state index contributed by atoms with van der Waals surface area (Å²) in [5, 5.41) is 5.36. The van der Waals surface area contributed by atoms with Crippen LogP contribution in [-0.2, 0) is 0 Å². The van der Waals surface area contributed by atoms with E-state index in [0.717, 1.165) is 34.4 Å². The van der Waals surface area contributed by atoms with Gasteiger partial charge in [-0.15, -0.1) is 0 Å². The summed E-state index contributed by atoms with van der Waals surface area (Å²) in [4.78, 5) is 17.9. The number of aryl methyl sites for hydroxylation is 1. The predicted molar refractivity (Wildman–Crippen MR) is 112 cm³/mol. The molecule has 3 aromatic heterocycles. The lowest BCUT2D eigenvalue weighted by atomic mass is 9.85. The minimum Gasteiger partial charge on any atom is -0.312 e. The molecule has 0 bridgehead atoms. The van der Waals surface area contributed by atoms with E-state index in [0.29, 0.717) is 11.3 Å². The summed E-state index contributed by atoms with van der Waals surface area (Å²) in [6, 6.07) is 12.5. The summed E-state index contributed by atoms with van der Waals surface area (Å²) in [6.07, 6.45) is 8.39.